The van der Waals surface area contributed by atoms with E-state index >= 15 is 0 Å². The number of hydrogen-bond donors (Lipinski definition) is 2. The summed E-state index contributed by atoms with van der Waals surface area (Å²) < 4.78 is 1.17. The smallest absolute Gasteiger partial charge is 0.303 e. The standard InChI is InChI=1S/C26H35NO3S/c1-16-10-11-22-19(12-16)20(15-31-22)25(30)27-24-17(8-6-4-5-7-9-23(28)29)13-18-14-21(24)26(18,2)3/h10-12,15,17-18,21,24H,4-9,13-14H2,1-3H3,(H,27,30)(H,28,29)/t17-,18+,21+,24-/m0/s1. The molecule has 3 aliphatic carbocycles. The molecule has 31 heavy (non-hydrogen) atoms. The number of amides is 1. The van der Waals surface area contributed by atoms with Gasteiger partial charge >= 0.3 is 5.97 Å². The highest BCUT2D eigenvalue weighted by atomic mass is 32.1. The van der Waals surface area contributed by atoms with E-state index in [2.05, 4.69) is 44.3 Å². The summed E-state index contributed by atoms with van der Waals surface area (Å²) in [7, 11) is 0. The molecule has 3 saturated carbocycles. The summed E-state index contributed by atoms with van der Waals surface area (Å²) in [5.74, 6) is 1.24. The number of fused-ring (bicyclic) bond motifs is 3. The molecule has 2 N–H and O–H groups in total. The number of hydrogen-bond acceptors (Lipinski definition) is 3. The van der Waals surface area contributed by atoms with Crippen molar-refractivity contribution >= 4 is 33.3 Å². The Hall–Kier alpha value is -1.88. The van der Waals surface area contributed by atoms with Crippen molar-refractivity contribution in [1.29, 1.82) is 0 Å². The summed E-state index contributed by atoms with van der Waals surface area (Å²) in [6, 6.07) is 6.58. The lowest BCUT2D eigenvalue weighted by Crippen LogP contribution is -2.63. The molecular weight excluding hydrogens is 406 g/mol. The third-order valence-electron chi connectivity index (χ3n) is 8.06. The van der Waals surface area contributed by atoms with Crippen molar-refractivity contribution in [2.75, 3.05) is 0 Å². The zero-order chi connectivity index (χ0) is 22.2. The molecule has 1 aromatic heterocycles. The maximum Gasteiger partial charge on any atom is 0.303 e. The minimum absolute atomic E-state index is 0.0782. The molecule has 1 heterocycles. The van der Waals surface area contributed by atoms with Gasteiger partial charge in [-0.3, -0.25) is 9.59 Å². The molecule has 2 aromatic rings. The van der Waals surface area contributed by atoms with Crippen LogP contribution < -0.4 is 5.32 Å². The normalized spacial score (nSPS) is 26.4. The zero-order valence-corrected chi connectivity index (χ0v) is 19.8. The first-order valence-electron chi connectivity index (χ1n) is 11.8. The summed E-state index contributed by atoms with van der Waals surface area (Å²) in [6.07, 6.45) is 7.79. The number of aryl methyl sites for hydroxylation is 1. The molecule has 0 aliphatic heterocycles. The molecule has 2 bridgehead atoms. The van der Waals surface area contributed by atoms with Gasteiger partial charge < -0.3 is 10.4 Å². The third kappa shape index (κ3) is 4.52. The van der Waals surface area contributed by atoms with Gasteiger partial charge in [0.2, 0.25) is 0 Å². The molecule has 3 aliphatic rings. The molecule has 168 valence electrons. The minimum Gasteiger partial charge on any atom is -0.481 e. The van der Waals surface area contributed by atoms with E-state index in [-0.39, 0.29) is 18.4 Å². The van der Waals surface area contributed by atoms with Crippen molar-refractivity contribution in [3.05, 3.63) is 34.7 Å². The van der Waals surface area contributed by atoms with Crippen LogP contribution in [0.15, 0.2) is 23.6 Å². The molecule has 0 spiro atoms. The van der Waals surface area contributed by atoms with E-state index < -0.39 is 5.97 Å². The predicted molar refractivity (Wildman–Crippen MR) is 127 cm³/mol. The molecule has 0 saturated heterocycles. The zero-order valence-electron chi connectivity index (χ0n) is 18.9. The maximum absolute atomic E-state index is 13.3. The number of carbonyl (C=O) groups is 2. The fraction of sp³-hybridized carbons (Fsp3) is 0.615. The summed E-state index contributed by atoms with van der Waals surface area (Å²) in [5.41, 5.74) is 2.31. The lowest BCUT2D eigenvalue weighted by Gasteiger charge is -2.62. The largest absolute Gasteiger partial charge is 0.481 e. The minimum atomic E-state index is -0.700. The molecule has 3 fully saturated rings. The summed E-state index contributed by atoms with van der Waals surface area (Å²) >= 11 is 1.65. The van der Waals surface area contributed by atoms with Crippen LogP contribution in [0.5, 0.6) is 0 Å². The van der Waals surface area contributed by atoms with Crippen molar-refractivity contribution in [3.8, 4) is 0 Å². The second-order valence-corrected chi connectivity index (χ2v) is 11.3. The molecular formula is C26H35NO3S. The van der Waals surface area contributed by atoms with Crippen LogP contribution in [0.1, 0.15) is 81.1 Å². The Kier molecular flexibility index (Phi) is 6.43. The lowest BCUT2D eigenvalue weighted by atomic mass is 9.44. The van der Waals surface area contributed by atoms with E-state index in [4.69, 9.17) is 5.11 Å². The highest BCUT2D eigenvalue weighted by Crippen LogP contribution is 2.61. The van der Waals surface area contributed by atoms with Crippen LogP contribution in [0.4, 0.5) is 0 Å². The van der Waals surface area contributed by atoms with Crippen molar-refractivity contribution < 1.29 is 14.7 Å². The first-order valence-corrected chi connectivity index (χ1v) is 12.7. The fourth-order valence-corrected chi connectivity index (χ4v) is 6.93. The van der Waals surface area contributed by atoms with Crippen LogP contribution in [0.2, 0.25) is 0 Å². The first kappa shape index (κ1) is 22.3. The van der Waals surface area contributed by atoms with Gasteiger partial charge in [-0.1, -0.05) is 44.7 Å². The van der Waals surface area contributed by atoms with Crippen molar-refractivity contribution in [3.63, 3.8) is 0 Å². The summed E-state index contributed by atoms with van der Waals surface area (Å²) in [5, 5.41) is 15.4. The Morgan fingerprint density at radius 3 is 2.68 bits per heavy atom. The fourth-order valence-electron chi connectivity index (χ4n) is 6.01. The van der Waals surface area contributed by atoms with Crippen LogP contribution >= 0.6 is 11.3 Å². The number of nitrogens with one attached hydrogen (secondary N) is 1. The Bertz CT molecular complexity index is 963. The van der Waals surface area contributed by atoms with Gasteiger partial charge in [0.05, 0.1) is 5.56 Å². The molecule has 4 atom stereocenters. The number of unbranched alkanes of at least 4 members (excludes halogenated alkanes) is 3. The number of benzene rings is 1. The highest BCUT2D eigenvalue weighted by Gasteiger charge is 2.57. The molecule has 5 rings (SSSR count). The number of aliphatic carboxylic acids is 1. The predicted octanol–water partition coefficient (Wildman–Crippen LogP) is 6.42. The monoisotopic (exact) mass is 441 g/mol. The average Bonchev–Trinajstić information content (AvgIpc) is 3.13. The maximum atomic E-state index is 13.3. The van der Waals surface area contributed by atoms with Gasteiger partial charge in [-0.2, -0.15) is 0 Å². The molecule has 4 nitrogen and oxygen atoms in total. The molecule has 0 radical (unpaired) electrons. The second-order valence-electron chi connectivity index (χ2n) is 10.4. The van der Waals surface area contributed by atoms with E-state index in [1.807, 2.05) is 5.38 Å². The van der Waals surface area contributed by atoms with Crippen LogP contribution in [0, 0.1) is 30.1 Å². The SMILES string of the molecule is Cc1ccc2scc(C(=O)N[C@H]3[C@@H](CCCCCCC(=O)O)C[C@@H]4C[C@H]3C4(C)C)c2c1. The molecule has 1 amide bonds. The van der Waals surface area contributed by atoms with E-state index in [9.17, 15) is 9.59 Å². The van der Waals surface area contributed by atoms with E-state index in [1.165, 1.54) is 23.1 Å². The topological polar surface area (TPSA) is 66.4 Å². The molecule has 0 unspecified atom stereocenters. The van der Waals surface area contributed by atoms with E-state index in [0.29, 0.717) is 17.3 Å². The Morgan fingerprint density at radius 1 is 1.16 bits per heavy atom. The van der Waals surface area contributed by atoms with Crippen LogP contribution in [0.25, 0.3) is 10.1 Å². The lowest BCUT2D eigenvalue weighted by molar-refractivity contribution is -0.137. The summed E-state index contributed by atoms with van der Waals surface area (Å²) in [6.45, 7) is 6.82. The number of thiophene rings is 1. The van der Waals surface area contributed by atoms with E-state index in [1.54, 1.807) is 11.3 Å². The van der Waals surface area contributed by atoms with Crippen molar-refractivity contribution in [2.45, 2.75) is 78.2 Å². The molecule has 5 heteroatoms. The summed E-state index contributed by atoms with van der Waals surface area (Å²) in [4.78, 5) is 24.0. The van der Waals surface area contributed by atoms with Gasteiger partial charge in [-0.25, -0.2) is 0 Å². The Labute approximate surface area is 189 Å². The first-order chi connectivity index (χ1) is 14.8. The van der Waals surface area contributed by atoms with E-state index in [0.717, 1.165) is 49.0 Å². The second kappa shape index (κ2) is 8.93. The van der Waals surface area contributed by atoms with Gasteiger partial charge in [-0.15, -0.1) is 11.3 Å². The highest BCUT2D eigenvalue weighted by molar-refractivity contribution is 7.17. The number of carboxylic acids is 1. The van der Waals surface area contributed by atoms with Crippen LogP contribution in [-0.4, -0.2) is 23.0 Å². The third-order valence-corrected chi connectivity index (χ3v) is 9.03. The Balaban J connectivity index is 1.42. The Morgan fingerprint density at radius 2 is 1.94 bits per heavy atom. The number of carboxylic acid groups (broad SMARTS) is 1. The number of carbonyl (C=O) groups excluding carboxylic acids is 1. The van der Waals surface area contributed by atoms with Gasteiger partial charge in [0.1, 0.15) is 0 Å². The van der Waals surface area contributed by atoms with Crippen molar-refractivity contribution in [2.24, 2.45) is 23.2 Å². The van der Waals surface area contributed by atoms with Crippen molar-refractivity contribution in [1.82, 2.24) is 5.32 Å². The van der Waals surface area contributed by atoms with Gasteiger partial charge in [0.25, 0.3) is 5.91 Å². The van der Waals surface area contributed by atoms with Crippen LogP contribution in [0.3, 0.4) is 0 Å². The average molecular weight is 442 g/mol. The van der Waals surface area contributed by atoms with Crippen LogP contribution in [-0.2, 0) is 4.79 Å². The quantitative estimate of drug-likeness (QED) is 0.442. The molecule has 1 aromatic carbocycles. The number of rotatable bonds is 9. The van der Waals surface area contributed by atoms with Gasteiger partial charge in [0.15, 0.2) is 0 Å². The van der Waals surface area contributed by atoms with Gasteiger partial charge in [0, 0.05) is 27.9 Å². The van der Waals surface area contributed by atoms with Gasteiger partial charge in [-0.05, 0) is 67.9 Å².